The van der Waals surface area contributed by atoms with Crippen molar-refractivity contribution >= 4 is 7.60 Å². The molecular formula is C10H15N2O7P. The topological polar surface area (TPSA) is 131 Å². The van der Waals surface area contributed by atoms with Crippen LogP contribution in [0.2, 0.25) is 0 Å². The number of aromatic nitrogens is 2. The molecular weight excluding hydrogens is 291 g/mol. The molecule has 0 spiro atoms. The molecule has 5 atom stereocenters. The molecule has 0 bridgehead atoms. The molecule has 0 saturated carbocycles. The first kappa shape index (κ1) is 15.3. The maximum Gasteiger partial charge on any atom is 0.349 e. The summed E-state index contributed by atoms with van der Waals surface area (Å²) in [6, 6.07) is 1.47. The highest BCUT2D eigenvalue weighted by Gasteiger charge is 2.44. The van der Waals surface area contributed by atoms with Crippen LogP contribution in [0.4, 0.5) is 0 Å². The molecule has 112 valence electrons. The van der Waals surface area contributed by atoms with Gasteiger partial charge in [0.15, 0.2) is 6.23 Å². The summed E-state index contributed by atoms with van der Waals surface area (Å²) in [7, 11) is -3.72. The Morgan fingerprint density at radius 2 is 2.20 bits per heavy atom. The maximum atomic E-state index is 11.5. The normalized spacial score (nSPS) is 33.0. The molecule has 0 aromatic carbocycles. The van der Waals surface area contributed by atoms with Crippen molar-refractivity contribution in [1.82, 2.24) is 9.55 Å². The lowest BCUT2D eigenvalue weighted by Crippen LogP contribution is -2.35. The minimum absolute atomic E-state index is 0.381. The second-order valence-corrected chi connectivity index (χ2v) is 6.32. The SMILES string of the molecule is CP(=O)(O)OC[C@H]1O[C@@H](n2cccnc2=O)[C@H](O)C1O. The Morgan fingerprint density at radius 3 is 2.80 bits per heavy atom. The van der Waals surface area contributed by atoms with Gasteiger partial charge in [0.05, 0.1) is 6.61 Å². The molecule has 1 aliphatic heterocycles. The van der Waals surface area contributed by atoms with Crippen molar-refractivity contribution in [1.29, 1.82) is 0 Å². The largest absolute Gasteiger partial charge is 0.387 e. The first-order chi connectivity index (χ1) is 9.29. The molecule has 1 aliphatic rings. The predicted octanol–water partition coefficient (Wildman–Crippen LogP) is -1.31. The van der Waals surface area contributed by atoms with Crippen LogP contribution in [0, 0.1) is 0 Å². The van der Waals surface area contributed by atoms with Gasteiger partial charge in [-0.3, -0.25) is 9.13 Å². The van der Waals surface area contributed by atoms with E-state index in [1.165, 1.54) is 18.5 Å². The lowest BCUT2D eigenvalue weighted by molar-refractivity contribution is -0.0523. The van der Waals surface area contributed by atoms with Gasteiger partial charge in [-0.15, -0.1) is 0 Å². The minimum Gasteiger partial charge on any atom is -0.387 e. The average Bonchev–Trinajstić information content (AvgIpc) is 2.64. The molecule has 20 heavy (non-hydrogen) atoms. The van der Waals surface area contributed by atoms with Gasteiger partial charge in [0.1, 0.15) is 18.3 Å². The van der Waals surface area contributed by atoms with E-state index in [1.807, 2.05) is 0 Å². The van der Waals surface area contributed by atoms with Gasteiger partial charge in [-0.2, -0.15) is 0 Å². The zero-order chi connectivity index (χ0) is 14.9. The van der Waals surface area contributed by atoms with E-state index in [9.17, 15) is 19.6 Å². The van der Waals surface area contributed by atoms with E-state index in [1.54, 1.807) is 0 Å². The van der Waals surface area contributed by atoms with E-state index < -0.39 is 37.8 Å². The molecule has 1 aromatic rings. The Morgan fingerprint density at radius 1 is 1.50 bits per heavy atom. The van der Waals surface area contributed by atoms with E-state index in [2.05, 4.69) is 9.51 Å². The average molecular weight is 306 g/mol. The summed E-state index contributed by atoms with van der Waals surface area (Å²) in [5.74, 6) is 0. The summed E-state index contributed by atoms with van der Waals surface area (Å²) in [6.45, 7) is 0.613. The molecule has 1 fully saturated rings. The lowest BCUT2D eigenvalue weighted by atomic mass is 10.1. The fraction of sp³-hybridized carbons (Fsp3) is 0.600. The third-order valence-corrected chi connectivity index (χ3v) is 3.46. The third-order valence-electron chi connectivity index (χ3n) is 2.83. The summed E-state index contributed by atoms with van der Waals surface area (Å²) in [4.78, 5) is 24.1. The highest BCUT2D eigenvalue weighted by molar-refractivity contribution is 7.51. The summed E-state index contributed by atoms with van der Waals surface area (Å²) in [5, 5.41) is 19.7. The van der Waals surface area contributed by atoms with Gasteiger partial charge < -0.3 is 24.4 Å². The van der Waals surface area contributed by atoms with Crippen molar-refractivity contribution in [2.75, 3.05) is 13.3 Å². The second kappa shape index (κ2) is 5.72. The molecule has 10 heteroatoms. The van der Waals surface area contributed by atoms with E-state index in [0.29, 0.717) is 0 Å². The van der Waals surface area contributed by atoms with E-state index in [0.717, 1.165) is 11.2 Å². The molecule has 1 aromatic heterocycles. The van der Waals surface area contributed by atoms with Gasteiger partial charge in [0.25, 0.3) is 0 Å². The molecule has 0 amide bonds. The smallest absolute Gasteiger partial charge is 0.349 e. The summed E-state index contributed by atoms with van der Waals surface area (Å²) < 4.78 is 22.0. The van der Waals surface area contributed by atoms with Crippen molar-refractivity contribution in [2.24, 2.45) is 0 Å². The van der Waals surface area contributed by atoms with Crippen LogP contribution in [0.3, 0.4) is 0 Å². The van der Waals surface area contributed by atoms with Gasteiger partial charge in [-0.05, 0) is 6.07 Å². The van der Waals surface area contributed by atoms with Crippen molar-refractivity contribution in [2.45, 2.75) is 24.5 Å². The minimum atomic E-state index is -3.72. The number of aliphatic hydroxyl groups excluding tert-OH is 2. The van der Waals surface area contributed by atoms with Gasteiger partial charge in [-0.1, -0.05) is 0 Å². The molecule has 0 aliphatic carbocycles. The number of hydrogen-bond donors (Lipinski definition) is 3. The van der Waals surface area contributed by atoms with E-state index in [4.69, 9.17) is 9.63 Å². The number of ether oxygens (including phenoxy) is 1. The van der Waals surface area contributed by atoms with E-state index in [-0.39, 0.29) is 6.61 Å². The van der Waals surface area contributed by atoms with Crippen LogP contribution in [-0.4, -0.2) is 56.2 Å². The van der Waals surface area contributed by atoms with Crippen LogP contribution in [0.1, 0.15) is 6.23 Å². The Balaban J connectivity index is 2.13. The summed E-state index contributed by atoms with van der Waals surface area (Å²) in [5.41, 5.74) is -0.645. The highest BCUT2D eigenvalue weighted by Crippen LogP contribution is 2.38. The quantitative estimate of drug-likeness (QED) is 0.585. The van der Waals surface area contributed by atoms with Gasteiger partial charge in [0, 0.05) is 19.1 Å². The maximum absolute atomic E-state index is 11.5. The van der Waals surface area contributed by atoms with Crippen LogP contribution in [-0.2, 0) is 13.8 Å². The van der Waals surface area contributed by atoms with Crippen LogP contribution < -0.4 is 5.69 Å². The molecule has 9 nitrogen and oxygen atoms in total. The molecule has 1 saturated heterocycles. The molecule has 3 N–H and O–H groups in total. The van der Waals surface area contributed by atoms with Crippen LogP contribution in [0.15, 0.2) is 23.3 Å². The number of aliphatic hydroxyl groups is 2. The first-order valence-corrected chi connectivity index (χ1v) is 7.81. The second-order valence-electron chi connectivity index (χ2n) is 4.45. The highest BCUT2D eigenvalue weighted by atomic mass is 31.2. The van der Waals surface area contributed by atoms with Crippen molar-refractivity contribution < 1.29 is 28.9 Å². The predicted molar refractivity (Wildman–Crippen MR) is 66.1 cm³/mol. The fourth-order valence-electron chi connectivity index (χ4n) is 1.87. The van der Waals surface area contributed by atoms with Gasteiger partial charge >= 0.3 is 13.3 Å². The number of hydrogen-bond acceptors (Lipinski definition) is 7. The third kappa shape index (κ3) is 3.32. The summed E-state index contributed by atoms with van der Waals surface area (Å²) >= 11 is 0. The molecule has 2 unspecified atom stereocenters. The van der Waals surface area contributed by atoms with E-state index >= 15 is 0 Å². The standard InChI is InChI=1S/C10H15N2O7P/c1-20(16,17)18-5-6-7(13)8(14)9(19-6)12-4-2-3-11-10(12)15/h2-4,6-9,13-14H,5H2,1H3,(H,16,17)/t6-,7?,8-,9-/m1/s1. The van der Waals surface area contributed by atoms with Crippen LogP contribution >= 0.6 is 7.60 Å². The fourth-order valence-corrected chi connectivity index (χ4v) is 2.29. The first-order valence-electron chi connectivity index (χ1n) is 5.79. The Bertz CT molecular complexity index is 571. The van der Waals surface area contributed by atoms with Crippen molar-refractivity contribution in [3.8, 4) is 0 Å². The van der Waals surface area contributed by atoms with Crippen molar-refractivity contribution in [3.63, 3.8) is 0 Å². The Hall–Kier alpha value is -1.09. The van der Waals surface area contributed by atoms with Gasteiger partial charge in [0.2, 0.25) is 0 Å². The summed E-state index contributed by atoms with van der Waals surface area (Å²) in [6.07, 6.45) is -2.23. The zero-order valence-electron chi connectivity index (χ0n) is 10.6. The van der Waals surface area contributed by atoms with Crippen molar-refractivity contribution in [3.05, 3.63) is 28.9 Å². The van der Waals surface area contributed by atoms with Gasteiger partial charge in [-0.25, -0.2) is 9.78 Å². The molecule has 2 heterocycles. The zero-order valence-corrected chi connectivity index (χ0v) is 11.5. The monoisotopic (exact) mass is 306 g/mol. The number of nitrogens with zero attached hydrogens (tertiary/aromatic N) is 2. The Kier molecular flexibility index (Phi) is 4.38. The Labute approximate surface area is 113 Å². The lowest BCUT2D eigenvalue weighted by Gasteiger charge is -2.16. The molecule has 0 radical (unpaired) electrons. The van der Waals surface area contributed by atoms with Crippen LogP contribution in [0.5, 0.6) is 0 Å². The molecule has 2 rings (SSSR count). The van der Waals surface area contributed by atoms with Crippen LogP contribution in [0.25, 0.3) is 0 Å². The number of rotatable bonds is 4.